The molecule has 2 aromatic carbocycles. The van der Waals surface area contributed by atoms with Gasteiger partial charge in [0.2, 0.25) is 0 Å². The van der Waals surface area contributed by atoms with Gasteiger partial charge in [-0.1, -0.05) is 30.3 Å². The molecule has 2 aromatic rings. The molecule has 0 N–H and O–H groups in total. The van der Waals surface area contributed by atoms with Crippen LogP contribution < -0.4 is 0 Å². The van der Waals surface area contributed by atoms with E-state index in [1.165, 1.54) is 0 Å². The molecule has 0 aromatic heterocycles. The van der Waals surface area contributed by atoms with E-state index in [9.17, 15) is 0 Å². The molecule has 0 fully saturated rings. The van der Waals surface area contributed by atoms with E-state index in [-0.39, 0.29) is 0 Å². The molecule has 15 heavy (non-hydrogen) atoms. The second-order valence-corrected chi connectivity index (χ2v) is 3.51. The highest BCUT2D eigenvalue weighted by molar-refractivity contribution is 7.80. The molecule has 0 aliphatic rings. The van der Waals surface area contributed by atoms with Gasteiger partial charge in [0.25, 0.3) is 0 Å². The molecule has 2 rings (SSSR count). The van der Waals surface area contributed by atoms with Crippen molar-refractivity contribution in [3.8, 4) is 0 Å². The summed E-state index contributed by atoms with van der Waals surface area (Å²) < 4.78 is 0. The fourth-order valence-electron chi connectivity index (χ4n) is 1.15. The Morgan fingerprint density at radius 2 is 1.40 bits per heavy atom. The third-order valence-corrected chi connectivity index (χ3v) is 2.29. The van der Waals surface area contributed by atoms with Crippen molar-refractivity contribution in [1.82, 2.24) is 0 Å². The topological polar surface area (TPSA) is 24.7 Å². The molecule has 0 saturated carbocycles. The van der Waals surface area contributed by atoms with Gasteiger partial charge in [0, 0.05) is 4.90 Å². The zero-order valence-electron chi connectivity index (χ0n) is 8.04. The number of nitrogens with zero attached hydrogens (tertiary/aromatic N) is 2. The second-order valence-electron chi connectivity index (χ2n) is 3.02. The molecule has 0 bridgehead atoms. The van der Waals surface area contributed by atoms with Crippen molar-refractivity contribution < 1.29 is 0 Å². The summed E-state index contributed by atoms with van der Waals surface area (Å²) >= 11 is 4.29. The lowest BCUT2D eigenvalue weighted by atomic mass is 10.3. The number of hydrogen-bond donors (Lipinski definition) is 1. The van der Waals surface area contributed by atoms with Crippen LogP contribution in [0.15, 0.2) is 69.7 Å². The summed E-state index contributed by atoms with van der Waals surface area (Å²) in [5.41, 5.74) is 1.62. The summed E-state index contributed by atoms with van der Waals surface area (Å²) in [6.45, 7) is 0. The Hall–Kier alpha value is -1.61. The fraction of sp³-hybridized carbons (Fsp3) is 0. The monoisotopic (exact) mass is 214 g/mol. The zero-order chi connectivity index (χ0) is 10.5. The maximum Gasteiger partial charge on any atom is 0.0990 e. The summed E-state index contributed by atoms with van der Waals surface area (Å²) in [6, 6.07) is 17.2. The molecule has 0 atom stereocenters. The molecule has 3 heteroatoms. The summed E-state index contributed by atoms with van der Waals surface area (Å²) in [4.78, 5) is 0.831. The molecular weight excluding hydrogens is 204 g/mol. The van der Waals surface area contributed by atoms with Crippen LogP contribution in [0.2, 0.25) is 0 Å². The standard InChI is InChI=1S/C12H10N2S/c15-12-9-5-4-8-11(12)14-13-10-6-2-1-3-7-10/h1-9,15H. The van der Waals surface area contributed by atoms with E-state index in [0.29, 0.717) is 0 Å². The van der Waals surface area contributed by atoms with Gasteiger partial charge in [-0.05, 0) is 24.3 Å². The minimum Gasteiger partial charge on any atom is -0.151 e. The van der Waals surface area contributed by atoms with Crippen LogP contribution in [-0.4, -0.2) is 0 Å². The van der Waals surface area contributed by atoms with Crippen molar-refractivity contribution in [2.45, 2.75) is 4.90 Å². The van der Waals surface area contributed by atoms with Crippen LogP contribution in [0.3, 0.4) is 0 Å². The number of azo groups is 1. The number of rotatable bonds is 2. The first-order valence-corrected chi connectivity index (χ1v) is 5.06. The molecular formula is C12H10N2S. The maximum atomic E-state index is 4.29. The van der Waals surface area contributed by atoms with Crippen LogP contribution in [0.5, 0.6) is 0 Å². The van der Waals surface area contributed by atoms with E-state index in [1.54, 1.807) is 0 Å². The summed E-state index contributed by atoms with van der Waals surface area (Å²) in [7, 11) is 0. The number of thiol groups is 1. The lowest BCUT2D eigenvalue weighted by Crippen LogP contribution is -1.67. The van der Waals surface area contributed by atoms with Crippen LogP contribution in [0.1, 0.15) is 0 Å². The van der Waals surface area contributed by atoms with Crippen molar-refractivity contribution in [2.75, 3.05) is 0 Å². The van der Waals surface area contributed by atoms with Crippen molar-refractivity contribution in [2.24, 2.45) is 10.2 Å². The average molecular weight is 214 g/mol. The minimum absolute atomic E-state index is 0.782. The Labute approximate surface area is 94.1 Å². The first-order chi connectivity index (χ1) is 7.36. The van der Waals surface area contributed by atoms with E-state index in [1.807, 2.05) is 54.6 Å². The second kappa shape index (κ2) is 4.75. The highest BCUT2D eigenvalue weighted by Crippen LogP contribution is 2.24. The normalized spacial score (nSPS) is 10.7. The van der Waals surface area contributed by atoms with Crippen LogP contribution in [0.4, 0.5) is 11.4 Å². The lowest BCUT2D eigenvalue weighted by molar-refractivity contribution is 1.20. The smallest absolute Gasteiger partial charge is 0.0990 e. The Bertz CT molecular complexity index is 466. The summed E-state index contributed by atoms with van der Waals surface area (Å²) in [5, 5.41) is 8.24. The van der Waals surface area contributed by atoms with Gasteiger partial charge in [0.15, 0.2) is 0 Å². The zero-order valence-corrected chi connectivity index (χ0v) is 8.93. The van der Waals surface area contributed by atoms with E-state index < -0.39 is 0 Å². The molecule has 2 nitrogen and oxygen atoms in total. The van der Waals surface area contributed by atoms with Gasteiger partial charge >= 0.3 is 0 Å². The van der Waals surface area contributed by atoms with Gasteiger partial charge in [0.1, 0.15) is 0 Å². The first kappa shape index (κ1) is 9.93. The molecule has 0 radical (unpaired) electrons. The van der Waals surface area contributed by atoms with Crippen LogP contribution >= 0.6 is 12.6 Å². The van der Waals surface area contributed by atoms with Crippen LogP contribution in [0.25, 0.3) is 0 Å². The lowest BCUT2D eigenvalue weighted by Gasteiger charge is -1.95. The molecule has 0 aliphatic carbocycles. The van der Waals surface area contributed by atoms with Crippen molar-refractivity contribution in [1.29, 1.82) is 0 Å². The Morgan fingerprint density at radius 3 is 2.13 bits per heavy atom. The number of hydrogen-bond acceptors (Lipinski definition) is 3. The quantitative estimate of drug-likeness (QED) is 0.566. The van der Waals surface area contributed by atoms with Gasteiger partial charge in [-0.3, -0.25) is 0 Å². The van der Waals surface area contributed by atoms with Gasteiger partial charge in [-0.2, -0.15) is 5.11 Å². The molecule has 74 valence electrons. The predicted octanol–water partition coefficient (Wildman–Crippen LogP) is 4.39. The third kappa shape index (κ3) is 2.67. The van der Waals surface area contributed by atoms with E-state index in [4.69, 9.17) is 0 Å². The average Bonchev–Trinajstić information content (AvgIpc) is 2.29. The van der Waals surface area contributed by atoms with Gasteiger partial charge in [-0.15, -0.1) is 17.7 Å². The molecule has 0 heterocycles. The van der Waals surface area contributed by atoms with E-state index in [0.717, 1.165) is 16.3 Å². The Balaban J connectivity index is 2.23. The SMILES string of the molecule is Sc1ccccc1N=Nc1ccccc1. The van der Waals surface area contributed by atoms with E-state index in [2.05, 4.69) is 22.9 Å². The Kier molecular flexibility index (Phi) is 3.15. The molecule has 0 saturated heterocycles. The van der Waals surface area contributed by atoms with E-state index >= 15 is 0 Å². The highest BCUT2D eigenvalue weighted by Gasteiger charge is 1.93. The van der Waals surface area contributed by atoms with Crippen molar-refractivity contribution in [3.63, 3.8) is 0 Å². The number of benzene rings is 2. The highest BCUT2D eigenvalue weighted by atomic mass is 32.1. The summed E-state index contributed by atoms with van der Waals surface area (Å²) in [6.07, 6.45) is 0. The van der Waals surface area contributed by atoms with Crippen LogP contribution in [0, 0.1) is 0 Å². The van der Waals surface area contributed by atoms with Crippen molar-refractivity contribution >= 4 is 24.0 Å². The fourth-order valence-corrected chi connectivity index (χ4v) is 1.36. The van der Waals surface area contributed by atoms with Gasteiger partial charge in [0.05, 0.1) is 11.4 Å². The third-order valence-electron chi connectivity index (χ3n) is 1.91. The minimum atomic E-state index is 0.782. The summed E-state index contributed by atoms with van der Waals surface area (Å²) in [5.74, 6) is 0. The molecule has 0 aliphatic heterocycles. The largest absolute Gasteiger partial charge is 0.151 e. The van der Waals surface area contributed by atoms with Crippen LogP contribution in [-0.2, 0) is 0 Å². The van der Waals surface area contributed by atoms with Gasteiger partial charge < -0.3 is 0 Å². The van der Waals surface area contributed by atoms with Crippen molar-refractivity contribution in [3.05, 3.63) is 54.6 Å². The maximum absolute atomic E-state index is 4.29. The molecule has 0 spiro atoms. The Morgan fingerprint density at radius 1 is 0.733 bits per heavy atom. The molecule has 0 unspecified atom stereocenters. The molecule has 0 amide bonds. The predicted molar refractivity (Wildman–Crippen MR) is 64.3 cm³/mol. The first-order valence-electron chi connectivity index (χ1n) is 4.61. The van der Waals surface area contributed by atoms with Gasteiger partial charge in [-0.25, -0.2) is 0 Å².